The van der Waals surface area contributed by atoms with Gasteiger partial charge in [0, 0.05) is 65.4 Å². The first-order valence-corrected chi connectivity index (χ1v) is 10.3. The second-order valence-corrected chi connectivity index (χ2v) is 7.31. The zero-order chi connectivity index (χ0) is 19.6. The third kappa shape index (κ3) is 7.75. The Morgan fingerprint density at radius 1 is 1.31 bits per heavy atom. The van der Waals surface area contributed by atoms with Gasteiger partial charge in [0.15, 0.2) is 5.96 Å². The van der Waals surface area contributed by atoms with Gasteiger partial charge in [-0.1, -0.05) is 6.07 Å². The van der Waals surface area contributed by atoms with Gasteiger partial charge in [0.1, 0.15) is 5.65 Å². The van der Waals surface area contributed by atoms with Crippen molar-refractivity contribution in [1.82, 2.24) is 20.0 Å². The molecule has 8 heteroatoms. The van der Waals surface area contributed by atoms with Crippen LogP contribution in [0.15, 0.2) is 29.5 Å². The summed E-state index contributed by atoms with van der Waals surface area (Å²) >= 11 is 0. The van der Waals surface area contributed by atoms with Gasteiger partial charge in [0.05, 0.1) is 5.69 Å². The standard InChI is InChI=1S/C21H33N5O2.HI/c1-17-5-3-11-26-15-19(25-20(17)26)6-10-24-21(22-2)23-9-4-12-28-16-18-7-13-27-14-8-18;/h3,5,11,15,18H,4,6-10,12-14,16H2,1-2H3,(H2,22,23,24);1H. The van der Waals surface area contributed by atoms with Gasteiger partial charge in [-0.25, -0.2) is 4.98 Å². The van der Waals surface area contributed by atoms with Crippen molar-refractivity contribution in [2.24, 2.45) is 10.9 Å². The fourth-order valence-corrected chi connectivity index (χ4v) is 3.40. The van der Waals surface area contributed by atoms with E-state index in [1.165, 1.54) is 5.56 Å². The fourth-order valence-electron chi connectivity index (χ4n) is 3.40. The average Bonchev–Trinajstić information content (AvgIpc) is 3.14. The molecule has 2 N–H and O–H groups in total. The van der Waals surface area contributed by atoms with Crippen LogP contribution in [-0.2, 0) is 15.9 Å². The summed E-state index contributed by atoms with van der Waals surface area (Å²) in [6.07, 6.45) is 8.21. The molecule has 7 nitrogen and oxygen atoms in total. The van der Waals surface area contributed by atoms with Crippen LogP contribution in [0.5, 0.6) is 0 Å². The Hall–Kier alpha value is -1.39. The molecule has 2 aromatic heterocycles. The average molecular weight is 515 g/mol. The van der Waals surface area contributed by atoms with Crippen LogP contribution in [0.4, 0.5) is 0 Å². The maximum Gasteiger partial charge on any atom is 0.190 e. The molecule has 162 valence electrons. The van der Waals surface area contributed by atoms with Gasteiger partial charge in [-0.05, 0) is 43.7 Å². The highest BCUT2D eigenvalue weighted by atomic mass is 127. The highest BCUT2D eigenvalue weighted by Crippen LogP contribution is 2.14. The molecule has 1 saturated heterocycles. The Kier molecular flexibility index (Phi) is 10.7. The van der Waals surface area contributed by atoms with Crippen LogP contribution >= 0.6 is 24.0 Å². The Balaban J connectivity index is 0.00000300. The highest BCUT2D eigenvalue weighted by Gasteiger charge is 2.13. The van der Waals surface area contributed by atoms with Crippen molar-refractivity contribution in [3.8, 4) is 0 Å². The molecule has 0 aromatic carbocycles. The second-order valence-electron chi connectivity index (χ2n) is 7.31. The number of rotatable bonds is 9. The summed E-state index contributed by atoms with van der Waals surface area (Å²) in [7, 11) is 1.80. The third-order valence-electron chi connectivity index (χ3n) is 5.08. The summed E-state index contributed by atoms with van der Waals surface area (Å²) in [5.74, 6) is 1.49. The molecule has 0 aliphatic carbocycles. The van der Waals surface area contributed by atoms with Crippen molar-refractivity contribution in [2.45, 2.75) is 32.6 Å². The number of aliphatic imine (C=N–C) groups is 1. The molecule has 0 spiro atoms. The van der Waals surface area contributed by atoms with Gasteiger partial charge in [0.25, 0.3) is 0 Å². The molecule has 1 aliphatic rings. The van der Waals surface area contributed by atoms with E-state index in [0.717, 1.165) is 82.5 Å². The molecular formula is C21H34IN5O2. The van der Waals surface area contributed by atoms with Gasteiger partial charge in [0.2, 0.25) is 0 Å². The lowest BCUT2D eigenvalue weighted by molar-refractivity contribution is 0.0203. The molecule has 0 unspecified atom stereocenters. The van der Waals surface area contributed by atoms with Crippen LogP contribution in [0.3, 0.4) is 0 Å². The first kappa shape index (κ1) is 23.9. The topological polar surface area (TPSA) is 72.2 Å². The number of nitrogens with zero attached hydrogens (tertiary/aromatic N) is 3. The number of fused-ring (bicyclic) bond motifs is 1. The van der Waals surface area contributed by atoms with Crippen molar-refractivity contribution in [1.29, 1.82) is 0 Å². The van der Waals surface area contributed by atoms with Crippen molar-refractivity contribution < 1.29 is 9.47 Å². The van der Waals surface area contributed by atoms with E-state index in [0.29, 0.717) is 5.92 Å². The van der Waals surface area contributed by atoms with E-state index in [1.54, 1.807) is 7.05 Å². The van der Waals surface area contributed by atoms with E-state index >= 15 is 0 Å². The second kappa shape index (κ2) is 13.0. The molecule has 0 bridgehead atoms. The zero-order valence-corrected chi connectivity index (χ0v) is 19.9. The Morgan fingerprint density at radius 2 is 2.10 bits per heavy atom. The lowest BCUT2D eigenvalue weighted by atomic mass is 10.0. The van der Waals surface area contributed by atoms with Gasteiger partial charge in [-0.15, -0.1) is 24.0 Å². The molecule has 2 aromatic rings. The van der Waals surface area contributed by atoms with Crippen molar-refractivity contribution in [2.75, 3.05) is 46.6 Å². The predicted molar refractivity (Wildman–Crippen MR) is 127 cm³/mol. The molecule has 1 aliphatic heterocycles. The van der Waals surface area contributed by atoms with Gasteiger partial charge < -0.3 is 24.5 Å². The van der Waals surface area contributed by atoms with Crippen LogP contribution < -0.4 is 10.6 Å². The van der Waals surface area contributed by atoms with E-state index in [-0.39, 0.29) is 24.0 Å². The van der Waals surface area contributed by atoms with Crippen molar-refractivity contribution in [3.05, 3.63) is 35.8 Å². The Morgan fingerprint density at radius 3 is 2.86 bits per heavy atom. The fraction of sp³-hybridized carbons (Fsp3) is 0.619. The molecule has 29 heavy (non-hydrogen) atoms. The Labute approximate surface area is 190 Å². The number of hydrogen-bond acceptors (Lipinski definition) is 4. The largest absolute Gasteiger partial charge is 0.381 e. The van der Waals surface area contributed by atoms with Crippen LogP contribution in [-0.4, -0.2) is 61.9 Å². The number of ether oxygens (including phenoxy) is 2. The number of nitrogens with one attached hydrogen (secondary N) is 2. The van der Waals surface area contributed by atoms with Gasteiger partial charge in [-0.3, -0.25) is 4.99 Å². The molecule has 0 radical (unpaired) electrons. The van der Waals surface area contributed by atoms with E-state index < -0.39 is 0 Å². The minimum absolute atomic E-state index is 0. The zero-order valence-electron chi connectivity index (χ0n) is 17.5. The number of imidazole rings is 1. The third-order valence-corrected chi connectivity index (χ3v) is 5.08. The molecule has 0 amide bonds. The smallest absolute Gasteiger partial charge is 0.190 e. The quantitative estimate of drug-likeness (QED) is 0.233. The molecule has 1 fully saturated rings. The summed E-state index contributed by atoms with van der Waals surface area (Å²) in [5.41, 5.74) is 3.30. The van der Waals surface area contributed by atoms with Gasteiger partial charge in [-0.2, -0.15) is 0 Å². The van der Waals surface area contributed by atoms with Gasteiger partial charge >= 0.3 is 0 Å². The van der Waals surface area contributed by atoms with E-state index in [1.807, 2.05) is 12.3 Å². The van der Waals surface area contributed by atoms with Crippen LogP contribution in [0.25, 0.3) is 5.65 Å². The van der Waals surface area contributed by atoms with Crippen LogP contribution in [0, 0.1) is 12.8 Å². The highest BCUT2D eigenvalue weighted by molar-refractivity contribution is 14.0. The molecule has 3 heterocycles. The summed E-state index contributed by atoms with van der Waals surface area (Å²) in [4.78, 5) is 8.99. The SMILES string of the molecule is CN=C(NCCCOCC1CCOCC1)NCCc1cn2cccc(C)c2n1.I. The molecule has 0 atom stereocenters. The molecular weight excluding hydrogens is 481 g/mol. The number of halogens is 1. The number of hydrogen-bond donors (Lipinski definition) is 2. The minimum atomic E-state index is 0. The lowest BCUT2D eigenvalue weighted by Gasteiger charge is -2.21. The number of aryl methyl sites for hydroxylation is 1. The van der Waals surface area contributed by atoms with Crippen molar-refractivity contribution in [3.63, 3.8) is 0 Å². The van der Waals surface area contributed by atoms with Crippen LogP contribution in [0.1, 0.15) is 30.5 Å². The maximum absolute atomic E-state index is 5.80. The minimum Gasteiger partial charge on any atom is -0.381 e. The monoisotopic (exact) mass is 515 g/mol. The molecule has 0 saturated carbocycles. The number of aromatic nitrogens is 2. The predicted octanol–water partition coefficient (Wildman–Crippen LogP) is 2.80. The summed E-state index contributed by atoms with van der Waals surface area (Å²) in [5, 5.41) is 6.70. The summed E-state index contributed by atoms with van der Waals surface area (Å²) in [6, 6.07) is 4.13. The number of guanidine groups is 1. The van der Waals surface area contributed by atoms with E-state index in [2.05, 4.69) is 39.2 Å². The van der Waals surface area contributed by atoms with E-state index in [4.69, 9.17) is 14.5 Å². The Bertz CT molecular complexity index is 759. The first-order valence-electron chi connectivity index (χ1n) is 10.3. The number of pyridine rings is 1. The van der Waals surface area contributed by atoms with E-state index in [9.17, 15) is 0 Å². The summed E-state index contributed by atoms with van der Waals surface area (Å²) < 4.78 is 13.3. The first-order chi connectivity index (χ1) is 13.8. The lowest BCUT2D eigenvalue weighted by Crippen LogP contribution is -2.39. The molecule has 3 rings (SSSR count). The van der Waals surface area contributed by atoms with Crippen LogP contribution in [0.2, 0.25) is 0 Å². The maximum atomic E-state index is 5.80. The van der Waals surface area contributed by atoms with Crippen molar-refractivity contribution >= 4 is 35.6 Å². The normalized spacial score (nSPS) is 15.3. The summed E-state index contributed by atoms with van der Waals surface area (Å²) in [6.45, 7) is 7.13.